The molecule has 0 bridgehead atoms. The lowest BCUT2D eigenvalue weighted by Crippen LogP contribution is -2.37. The fraction of sp³-hybridized carbons (Fsp3) is 0.389. The van der Waals surface area contributed by atoms with Crippen molar-refractivity contribution in [3.63, 3.8) is 0 Å². The Morgan fingerprint density at radius 1 is 1.24 bits per heavy atom. The smallest absolute Gasteiger partial charge is 0.238 e. The van der Waals surface area contributed by atoms with Gasteiger partial charge in [0.05, 0.1) is 19.8 Å². The number of benzene rings is 1. The van der Waals surface area contributed by atoms with Crippen molar-refractivity contribution < 1.29 is 9.47 Å². The summed E-state index contributed by atoms with van der Waals surface area (Å²) in [5, 5.41) is 0. The highest BCUT2D eigenvalue weighted by molar-refractivity contribution is 9.10. The standard InChI is InChI=1S/C18H22BrN3O2S/c19-15-13-17(21-25-16-5-2-1-3-6-16)18(20-14-15)24-10-4-7-22-8-11-23-12-9-22/h1-3,5-6,13-14,21H,4,7-12H2. The lowest BCUT2D eigenvalue weighted by Gasteiger charge is -2.26. The molecule has 1 N–H and O–H groups in total. The van der Waals surface area contributed by atoms with Crippen LogP contribution in [-0.2, 0) is 4.74 Å². The summed E-state index contributed by atoms with van der Waals surface area (Å²) in [5.41, 5.74) is 0.870. The molecule has 1 aromatic heterocycles. The molecule has 1 aromatic carbocycles. The van der Waals surface area contributed by atoms with Crippen molar-refractivity contribution in [3.8, 4) is 5.88 Å². The first-order valence-corrected chi connectivity index (χ1v) is 9.98. The van der Waals surface area contributed by atoms with Gasteiger partial charge in [-0.3, -0.25) is 4.90 Å². The highest BCUT2D eigenvalue weighted by Crippen LogP contribution is 2.30. The van der Waals surface area contributed by atoms with Gasteiger partial charge in [-0.25, -0.2) is 4.98 Å². The van der Waals surface area contributed by atoms with Gasteiger partial charge in [0.15, 0.2) is 0 Å². The number of hydrogen-bond donors (Lipinski definition) is 1. The molecule has 25 heavy (non-hydrogen) atoms. The molecular weight excluding hydrogens is 402 g/mol. The summed E-state index contributed by atoms with van der Waals surface area (Å²) in [4.78, 5) is 7.94. The molecular formula is C18H22BrN3O2S. The number of nitrogens with one attached hydrogen (secondary N) is 1. The van der Waals surface area contributed by atoms with E-state index < -0.39 is 0 Å². The summed E-state index contributed by atoms with van der Waals surface area (Å²) in [5.74, 6) is 0.633. The van der Waals surface area contributed by atoms with E-state index in [0.29, 0.717) is 12.5 Å². The van der Waals surface area contributed by atoms with Gasteiger partial charge in [-0.1, -0.05) is 18.2 Å². The number of pyridine rings is 1. The van der Waals surface area contributed by atoms with Crippen LogP contribution in [0.5, 0.6) is 5.88 Å². The number of halogens is 1. The highest BCUT2D eigenvalue weighted by Gasteiger charge is 2.11. The second-order valence-corrected chi connectivity index (χ2v) is 7.47. The van der Waals surface area contributed by atoms with Gasteiger partial charge in [-0.05, 0) is 52.5 Å². The highest BCUT2D eigenvalue weighted by atomic mass is 79.9. The number of aromatic nitrogens is 1. The van der Waals surface area contributed by atoms with Crippen molar-refractivity contribution in [3.05, 3.63) is 47.1 Å². The zero-order valence-corrected chi connectivity index (χ0v) is 16.4. The maximum absolute atomic E-state index is 5.91. The molecule has 1 saturated heterocycles. The van der Waals surface area contributed by atoms with E-state index in [-0.39, 0.29) is 0 Å². The Kier molecular flexibility index (Phi) is 7.41. The first-order valence-electron chi connectivity index (χ1n) is 8.37. The molecule has 134 valence electrons. The largest absolute Gasteiger partial charge is 0.476 e. The summed E-state index contributed by atoms with van der Waals surface area (Å²) < 4.78 is 15.5. The minimum atomic E-state index is 0.633. The van der Waals surface area contributed by atoms with Gasteiger partial charge in [-0.15, -0.1) is 0 Å². The van der Waals surface area contributed by atoms with Gasteiger partial charge in [0.25, 0.3) is 0 Å². The van der Waals surface area contributed by atoms with Gasteiger partial charge >= 0.3 is 0 Å². The maximum atomic E-state index is 5.91. The average molecular weight is 424 g/mol. The number of morpholine rings is 1. The molecule has 0 aliphatic carbocycles. The Labute approximate surface area is 161 Å². The van der Waals surface area contributed by atoms with Crippen molar-refractivity contribution in [2.24, 2.45) is 0 Å². The Hall–Kier alpha value is -1.28. The maximum Gasteiger partial charge on any atom is 0.238 e. The molecule has 0 spiro atoms. The molecule has 3 rings (SSSR count). The predicted octanol–water partition coefficient (Wildman–Crippen LogP) is 4.06. The van der Waals surface area contributed by atoms with Crippen LogP contribution in [0.25, 0.3) is 0 Å². The van der Waals surface area contributed by atoms with E-state index in [0.717, 1.165) is 54.3 Å². The normalized spacial score (nSPS) is 15.1. The molecule has 2 heterocycles. The lowest BCUT2D eigenvalue weighted by atomic mass is 10.3. The fourth-order valence-electron chi connectivity index (χ4n) is 2.50. The fourth-order valence-corrected chi connectivity index (χ4v) is 3.50. The van der Waals surface area contributed by atoms with Gasteiger partial charge < -0.3 is 14.2 Å². The van der Waals surface area contributed by atoms with Crippen LogP contribution in [0, 0.1) is 0 Å². The summed E-state index contributed by atoms with van der Waals surface area (Å²) >= 11 is 5.02. The van der Waals surface area contributed by atoms with Crippen LogP contribution in [0.4, 0.5) is 5.69 Å². The molecule has 0 saturated carbocycles. The van der Waals surface area contributed by atoms with Crippen LogP contribution in [0.15, 0.2) is 52.0 Å². The minimum absolute atomic E-state index is 0.633. The SMILES string of the molecule is Brc1cnc(OCCCN2CCOCC2)c(NSc2ccccc2)c1. The molecule has 1 aliphatic rings. The summed E-state index contributed by atoms with van der Waals surface area (Å²) in [6, 6.07) is 12.2. The van der Waals surface area contributed by atoms with Gasteiger partial charge in [0.2, 0.25) is 5.88 Å². The van der Waals surface area contributed by atoms with Crippen molar-refractivity contribution in [1.29, 1.82) is 0 Å². The molecule has 1 aliphatic heterocycles. The topological polar surface area (TPSA) is 46.6 Å². The molecule has 5 nitrogen and oxygen atoms in total. The first-order chi connectivity index (χ1) is 12.3. The van der Waals surface area contributed by atoms with Gasteiger partial charge in [-0.2, -0.15) is 0 Å². The first kappa shape index (κ1) is 18.5. The van der Waals surface area contributed by atoms with E-state index in [1.165, 1.54) is 0 Å². The molecule has 2 aromatic rings. The van der Waals surface area contributed by atoms with Gasteiger partial charge in [0, 0.05) is 35.2 Å². The zero-order valence-electron chi connectivity index (χ0n) is 14.0. The van der Waals surface area contributed by atoms with E-state index in [1.54, 1.807) is 18.1 Å². The molecule has 7 heteroatoms. The van der Waals surface area contributed by atoms with Crippen LogP contribution >= 0.6 is 27.9 Å². The number of rotatable bonds is 8. The minimum Gasteiger partial charge on any atom is -0.476 e. The molecule has 0 amide bonds. The molecule has 0 atom stereocenters. The van der Waals surface area contributed by atoms with E-state index >= 15 is 0 Å². The molecule has 0 unspecified atom stereocenters. The Morgan fingerprint density at radius 3 is 2.84 bits per heavy atom. The van der Waals surface area contributed by atoms with Crippen molar-refractivity contribution >= 4 is 33.6 Å². The quantitative estimate of drug-likeness (QED) is 0.510. The number of hydrogen-bond acceptors (Lipinski definition) is 6. The monoisotopic (exact) mass is 423 g/mol. The summed E-state index contributed by atoms with van der Waals surface area (Å²) in [6.07, 6.45) is 2.73. The Bertz CT molecular complexity index is 654. The predicted molar refractivity (Wildman–Crippen MR) is 105 cm³/mol. The lowest BCUT2D eigenvalue weighted by molar-refractivity contribution is 0.0357. The van der Waals surface area contributed by atoms with Crippen molar-refractivity contribution in [1.82, 2.24) is 9.88 Å². The zero-order chi connectivity index (χ0) is 17.3. The van der Waals surface area contributed by atoms with Crippen LogP contribution in [0.3, 0.4) is 0 Å². The van der Waals surface area contributed by atoms with E-state index in [9.17, 15) is 0 Å². The van der Waals surface area contributed by atoms with E-state index in [2.05, 4.69) is 42.7 Å². The van der Waals surface area contributed by atoms with Crippen LogP contribution < -0.4 is 9.46 Å². The third-order valence-corrected chi connectivity index (χ3v) is 5.06. The molecule has 1 fully saturated rings. The second kappa shape index (κ2) is 10.0. The third kappa shape index (κ3) is 6.18. The van der Waals surface area contributed by atoms with Crippen LogP contribution in [0.2, 0.25) is 0 Å². The van der Waals surface area contributed by atoms with Crippen molar-refractivity contribution in [2.45, 2.75) is 11.3 Å². The summed E-state index contributed by atoms with van der Waals surface area (Å²) in [7, 11) is 0. The van der Waals surface area contributed by atoms with Crippen molar-refractivity contribution in [2.75, 3.05) is 44.2 Å². The third-order valence-electron chi connectivity index (χ3n) is 3.80. The Morgan fingerprint density at radius 2 is 2.04 bits per heavy atom. The van der Waals surface area contributed by atoms with E-state index in [4.69, 9.17) is 9.47 Å². The molecule has 0 radical (unpaired) electrons. The summed E-state index contributed by atoms with van der Waals surface area (Å²) in [6.45, 7) is 5.37. The second-order valence-electron chi connectivity index (χ2n) is 5.68. The van der Waals surface area contributed by atoms with E-state index in [1.807, 2.05) is 24.3 Å². The van der Waals surface area contributed by atoms with Gasteiger partial charge in [0.1, 0.15) is 5.69 Å². The Balaban J connectivity index is 1.50. The number of anilines is 1. The number of ether oxygens (including phenoxy) is 2. The average Bonchev–Trinajstić information content (AvgIpc) is 2.66. The van der Waals surface area contributed by atoms with Crippen LogP contribution in [-0.4, -0.2) is 49.3 Å². The number of nitrogens with zero attached hydrogens (tertiary/aromatic N) is 2. The van der Waals surface area contributed by atoms with Crippen LogP contribution in [0.1, 0.15) is 6.42 Å².